The molecule has 4 aromatic rings. The third kappa shape index (κ3) is 3.44. The molecule has 3 aromatic carbocycles. The number of rotatable bonds is 5. The Kier molecular flexibility index (Phi) is 4.63. The van der Waals surface area contributed by atoms with Gasteiger partial charge in [0.25, 0.3) is 0 Å². The molecular formula is C21H17BrN2O2. The number of H-pyrrole nitrogens is 1. The van der Waals surface area contributed by atoms with Crippen molar-refractivity contribution in [2.75, 3.05) is 7.11 Å². The van der Waals surface area contributed by atoms with E-state index in [-0.39, 0.29) is 0 Å². The fourth-order valence-electron chi connectivity index (χ4n) is 2.77. The second-order valence-corrected chi connectivity index (χ2v) is 6.80. The molecular weight excluding hydrogens is 392 g/mol. The summed E-state index contributed by atoms with van der Waals surface area (Å²) in [6.07, 6.45) is 0. The first-order chi connectivity index (χ1) is 12.7. The van der Waals surface area contributed by atoms with Crippen LogP contribution in [-0.2, 0) is 6.61 Å². The van der Waals surface area contributed by atoms with Gasteiger partial charge in [-0.25, -0.2) is 4.98 Å². The molecule has 0 aliphatic rings. The molecule has 0 unspecified atom stereocenters. The molecule has 1 N–H and O–H groups in total. The maximum absolute atomic E-state index is 6.01. The van der Waals surface area contributed by atoms with E-state index in [1.807, 2.05) is 66.7 Å². The molecule has 0 aliphatic heterocycles. The van der Waals surface area contributed by atoms with E-state index in [2.05, 4.69) is 25.9 Å². The summed E-state index contributed by atoms with van der Waals surface area (Å²) in [6, 6.07) is 21.9. The number of para-hydroxylation sites is 2. The molecule has 0 atom stereocenters. The van der Waals surface area contributed by atoms with Gasteiger partial charge in [-0.1, -0.05) is 40.2 Å². The van der Waals surface area contributed by atoms with E-state index >= 15 is 0 Å². The summed E-state index contributed by atoms with van der Waals surface area (Å²) >= 11 is 3.44. The van der Waals surface area contributed by atoms with E-state index in [0.29, 0.717) is 18.1 Å². The van der Waals surface area contributed by atoms with E-state index in [1.54, 1.807) is 7.11 Å². The van der Waals surface area contributed by atoms with Crippen molar-refractivity contribution in [3.05, 3.63) is 76.8 Å². The molecule has 0 saturated heterocycles. The van der Waals surface area contributed by atoms with Crippen LogP contribution < -0.4 is 9.47 Å². The summed E-state index contributed by atoms with van der Waals surface area (Å²) in [5.74, 6) is 2.19. The normalized spacial score (nSPS) is 10.8. The zero-order chi connectivity index (χ0) is 17.9. The Hall–Kier alpha value is -2.79. The number of nitrogens with one attached hydrogen (secondary N) is 1. The Bertz CT molecular complexity index is 1010. The lowest BCUT2D eigenvalue weighted by molar-refractivity contribution is 0.284. The fraction of sp³-hybridized carbons (Fsp3) is 0.0952. The van der Waals surface area contributed by atoms with E-state index in [0.717, 1.165) is 32.5 Å². The average molecular weight is 409 g/mol. The van der Waals surface area contributed by atoms with Gasteiger partial charge in [-0.2, -0.15) is 0 Å². The van der Waals surface area contributed by atoms with Gasteiger partial charge in [0, 0.05) is 10.0 Å². The average Bonchev–Trinajstić information content (AvgIpc) is 3.11. The number of halogens is 1. The molecule has 0 aliphatic carbocycles. The van der Waals surface area contributed by atoms with Crippen LogP contribution in [0.5, 0.6) is 11.5 Å². The monoisotopic (exact) mass is 408 g/mol. The minimum absolute atomic E-state index is 0.465. The second-order valence-electron chi connectivity index (χ2n) is 5.88. The van der Waals surface area contributed by atoms with Gasteiger partial charge < -0.3 is 14.5 Å². The smallest absolute Gasteiger partial charge is 0.162 e. The van der Waals surface area contributed by atoms with Crippen molar-refractivity contribution in [2.45, 2.75) is 6.61 Å². The standard InChI is InChI=1S/C21H17BrN2O2/c1-25-19-11-8-15(21-23-17-4-2-3-5-18(17)24-21)12-20(19)26-13-14-6-9-16(22)10-7-14/h2-12H,13H2,1H3,(H,23,24). The molecule has 0 spiro atoms. The number of aromatic amines is 1. The molecule has 26 heavy (non-hydrogen) atoms. The minimum atomic E-state index is 0.465. The molecule has 130 valence electrons. The predicted molar refractivity (Wildman–Crippen MR) is 107 cm³/mol. The van der Waals surface area contributed by atoms with Crippen LogP contribution >= 0.6 is 15.9 Å². The first-order valence-corrected chi connectivity index (χ1v) is 9.02. The SMILES string of the molecule is COc1ccc(-c2nc3ccccc3[nH]2)cc1OCc1ccc(Br)cc1. The molecule has 5 heteroatoms. The van der Waals surface area contributed by atoms with Crippen molar-refractivity contribution in [1.82, 2.24) is 9.97 Å². The van der Waals surface area contributed by atoms with Crippen molar-refractivity contribution in [3.8, 4) is 22.9 Å². The van der Waals surface area contributed by atoms with Crippen LogP contribution in [0.3, 0.4) is 0 Å². The van der Waals surface area contributed by atoms with E-state index in [9.17, 15) is 0 Å². The lowest BCUT2D eigenvalue weighted by atomic mass is 10.2. The number of nitrogens with zero attached hydrogens (tertiary/aromatic N) is 1. The Morgan fingerprint density at radius 3 is 2.54 bits per heavy atom. The fourth-order valence-corrected chi connectivity index (χ4v) is 3.03. The summed E-state index contributed by atoms with van der Waals surface area (Å²) < 4.78 is 12.5. The third-order valence-electron chi connectivity index (χ3n) is 4.13. The summed E-state index contributed by atoms with van der Waals surface area (Å²) in [4.78, 5) is 7.99. The highest BCUT2D eigenvalue weighted by atomic mass is 79.9. The Morgan fingerprint density at radius 2 is 1.77 bits per heavy atom. The Morgan fingerprint density at radius 1 is 0.962 bits per heavy atom. The molecule has 0 radical (unpaired) electrons. The van der Waals surface area contributed by atoms with Crippen LogP contribution in [0.15, 0.2) is 71.2 Å². The van der Waals surface area contributed by atoms with Crippen molar-refractivity contribution in [2.24, 2.45) is 0 Å². The number of imidazole rings is 1. The summed E-state index contributed by atoms with van der Waals surface area (Å²) in [5, 5.41) is 0. The van der Waals surface area contributed by atoms with Gasteiger partial charge in [0.05, 0.1) is 18.1 Å². The minimum Gasteiger partial charge on any atom is -0.493 e. The number of ether oxygens (including phenoxy) is 2. The van der Waals surface area contributed by atoms with Crippen LogP contribution in [0.4, 0.5) is 0 Å². The van der Waals surface area contributed by atoms with Gasteiger partial charge in [0.1, 0.15) is 12.4 Å². The topological polar surface area (TPSA) is 47.1 Å². The number of fused-ring (bicyclic) bond motifs is 1. The van der Waals surface area contributed by atoms with Gasteiger partial charge in [-0.05, 0) is 48.0 Å². The molecule has 4 nitrogen and oxygen atoms in total. The van der Waals surface area contributed by atoms with Crippen LogP contribution in [0.1, 0.15) is 5.56 Å². The maximum Gasteiger partial charge on any atom is 0.162 e. The van der Waals surface area contributed by atoms with Gasteiger partial charge in [-0.15, -0.1) is 0 Å². The Labute approximate surface area is 159 Å². The number of methoxy groups -OCH3 is 1. The first-order valence-electron chi connectivity index (χ1n) is 8.23. The first kappa shape index (κ1) is 16.7. The molecule has 0 fully saturated rings. The highest BCUT2D eigenvalue weighted by Crippen LogP contribution is 2.33. The number of hydrogen-bond donors (Lipinski definition) is 1. The molecule has 0 bridgehead atoms. The van der Waals surface area contributed by atoms with Crippen LogP contribution in [0.2, 0.25) is 0 Å². The van der Waals surface area contributed by atoms with Crippen LogP contribution in [0, 0.1) is 0 Å². The zero-order valence-corrected chi connectivity index (χ0v) is 15.8. The maximum atomic E-state index is 6.01. The van der Waals surface area contributed by atoms with Crippen molar-refractivity contribution in [1.29, 1.82) is 0 Å². The quantitative estimate of drug-likeness (QED) is 0.468. The van der Waals surface area contributed by atoms with Gasteiger partial charge in [0.15, 0.2) is 11.5 Å². The van der Waals surface area contributed by atoms with Crippen LogP contribution in [0.25, 0.3) is 22.4 Å². The highest BCUT2D eigenvalue weighted by molar-refractivity contribution is 9.10. The lowest BCUT2D eigenvalue weighted by Crippen LogP contribution is -1.98. The highest BCUT2D eigenvalue weighted by Gasteiger charge is 2.10. The third-order valence-corrected chi connectivity index (χ3v) is 4.66. The molecule has 1 heterocycles. The summed E-state index contributed by atoms with van der Waals surface area (Å²) in [6.45, 7) is 0.465. The second kappa shape index (κ2) is 7.22. The Balaban J connectivity index is 1.63. The van der Waals surface area contributed by atoms with E-state index < -0.39 is 0 Å². The number of benzene rings is 3. The molecule has 0 amide bonds. The number of hydrogen-bond acceptors (Lipinski definition) is 3. The largest absolute Gasteiger partial charge is 0.493 e. The van der Waals surface area contributed by atoms with Gasteiger partial charge >= 0.3 is 0 Å². The molecule has 1 aromatic heterocycles. The van der Waals surface area contributed by atoms with Crippen molar-refractivity contribution >= 4 is 27.0 Å². The predicted octanol–water partition coefficient (Wildman–Crippen LogP) is 5.58. The molecule has 4 rings (SSSR count). The summed E-state index contributed by atoms with van der Waals surface area (Å²) in [7, 11) is 1.64. The zero-order valence-electron chi connectivity index (χ0n) is 14.2. The lowest BCUT2D eigenvalue weighted by Gasteiger charge is -2.12. The van der Waals surface area contributed by atoms with E-state index in [1.165, 1.54) is 0 Å². The van der Waals surface area contributed by atoms with Crippen LogP contribution in [-0.4, -0.2) is 17.1 Å². The van der Waals surface area contributed by atoms with Crippen molar-refractivity contribution < 1.29 is 9.47 Å². The summed E-state index contributed by atoms with van der Waals surface area (Å²) in [5.41, 5.74) is 3.99. The van der Waals surface area contributed by atoms with Crippen molar-refractivity contribution in [3.63, 3.8) is 0 Å². The number of aromatic nitrogens is 2. The molecule has 0 saturated carbocycles. The van der Waals surface area contributed by atoms with E-state index in [4.69, 9.17) is 9.47 Å². The van der Waals surface area contributed by atoms with Gasteiger partial charge in [-0.3, -0.25) is 0 Å². The van der Waals surface area contributed by atoms with Gasteiger partial charge in [0.2, 0.25) is 0 Å².